The van der Waals surface area contributed by atoms with E-state index in [4.69, 9.17) is 0 Å². The standard InChI is InChI=1S/C25H21F2N3O2S/c26-20-10-6-11-21(27)18(20)16-29-22-12-5-4-9-19(22)25(23(29)31)30(13-14-33-25)24(32)28-15-17-7-2-1-3-8-17/h1-12H,13-16H2,(H,28,32)/t25-/m1/s1. The average molecular weight is 466 g/mol. The topological polar surface area (TPSA) is 52.7 Å². The number of halogens is 2. The van der Waals surface area contributed by atoms with Gasteiger partial charge in [-0.3, -0.25) is 9.69 Å². The van der Waals surface area contributed by atoms with Crippen molar-refractivity contribution in [2.24, 2.45) is 0 Å². The highest BCUT2D eigenvalue weighted by Gasteiger charge is 2.59. The van der Waals surface area contributed by atoms with E-state index in [1.807, 2.05) is 30.3 Å². The van der Waals surface area contributed by atoms with Gasteiger partial charge in [-0.2, -0.15) is 0 Å². The fourth-order valence-electron chi connectivity index (χ4n) is 4.44. The molecule has 1 saturated heterocycles. The maximum atomic E-state index is 14.4. The fraction of sp³-hybridized carbons (Fsp3) is 0.200. The molecule has 0 aliphatic carbocycles. The molecule has 0 aromatic heterocycles. The predicted molar refractivity (Wildman–Crippen MR) is 124 cm³/mol. The van der Waals surface area contributed by atoms with Gasteiger partial charge in [-0.15, -0.1) is 11.8 Å². The number of benzene rings is 3. The van der Waals surface area contributed by atoms with E-state index in [0.717, 1.165) is 5.56 Å². The van der Waals surface area contributed by atoms with Gasteiger partial charge in [0.25, 0.3) is 5.91 Å². The maximum Gasteiger partial charge on any atom is 0.319 e. The second-order valence-electron chi connectivity index (χ2n) is 7.90. The third-order valence-corrected chi connectivity index (χ3v) is 7.43. The van der Waals surface area contributed by atoms with Crippen LogP contribution in [0.4, 0.5) is 19.3 Å². The molecule has 2 heterocycles. The zero-order valence-electron chi connectivity index (χ0n) is 17.6. The highest BCUT2D eigenvalue weighted by molar-refractivity contribution is 8.01. The summed E-state index contributed by atoms with van der Waals surface area (Å²) < 4.78 is 28.8. The molecule has 0 saturated carbocycles. The van der Waals surface area contributed by atoms with Crippen molar-refractivity contribution in [2.45, 2.75) is 18.0 Å². The summed E-state index contributed by atoms with van der Waals surface area (Å²) in [5.74, 6) is -1.22. The van der Waals surface area contributed by atoms with Gasteiger partial charge in [0, 0.05) is 30.0 Å². The van der Waals surface area contributed by atoms with Crippen LogP contribution in [0.2, 0.25) is 0 Å². The van der Waals surface area contributed by atoms with Crippen molar-refractivity contribution in [3.63, 3.8) is 0 Å². The van der Waals surface area contributed by atoms with Gasteiger partial charge in [0.15, 0.2) is 4.87 Å². The smallest absolute Gasteiger partial charge is 0.319 e. The van der Waals surface area contributed by atoms with Crippen LogP contribution in [-0.2, 0) is 22.8 Å². The number of hydrogen-bond acceptors (Lipinski definition) is 3. The lowest BCUT2D eigenvalue weighted by Gasteiger charge is -2.33. The van der Waals surface area contributed by atoms with E-state index in [1.54, 1.807) is 29.2 Å². The number of anilines is 1. The van der Waals surface area contributed by atoms with E-state index in [2.05, 4.69) is 5.32 Å². The van der Waals surface area contributed by atoms with Crippen molar-refractivity contribution in [1.29, 1.82) is 0 Å². The largest absolute Gasteiger partial charge is 0.334 e. The molecule has 3 aromatic carbocycles. The zero-order chi connectivity index (χ0) is 23.0. The lowest BCUT2D eigenvalue weighted by atomic mass is 10.1. The van der Waals surface area contributed by atoms with E-state index in [-0.39, 0.29) is 24.0 Å². The Hall–Kier alpha value is -3.39. The maximum absolute atomic E-state index is 14.4. The van der Waals surface area contributed by atoms with Gasteiger partial charge in [0.1, 0.15) is 11.6 Å². The summed E-state index contributed by atoms with van der Waals surface area (Å²) in [5, 5.41) is 2.91. The van der Waals surface area contributed by atoms with Crippen LogP contribution in [0.15, 0.2) is 72.8 Å². The number of fused-ring (bicyclic) bond motifs is 2. The Morgan fingerprint density at radius 2 is 1.67 bits per heavy atom. The second kappa shape index (κ2) is 8.51. The number of nitrogens with zero attached hydrogens (tertiary/aromatic N) is 2. The van der Waals surface area contributed by atoms with Gasteiger partial charge >= 0.3 is 6.03 Å². The molecule has 2 aliphatic rings. The van der Waals surface area contributed by atoms with Crippen LogP contribution in [0.5, 0.6) is 0 Å². The summed E-state index contributed by atoms with van der Waals surface area (Å²) in [6, 6.07) is 19.9. The normalized spacial score (nSPS) is 19.3. The Kier molecular flexibility index (Phi) is 5.54. The van der Waals surface area contributed by atoms with Crippen LogP contribution in [0.25, 0.3) is 0 Å². The number of rotatable bonds is 4. The second-order valence-corrected chi connectivity index (χ2v) is 9.18. The Bertz CT molecular complexity index is 1200. The molecule has 1 atom stereocenters. The SMILES string of the molecule is O=C(NCc1ccccc1)N1CCS[C@]12C(=O)N(Cc1c(F)cccc1F)c1ccccc12. The summed E-state index contributed by atoms with van der Waals surface area (Å²) in [6.07, 6.45) is 0. The molecular weight excluding hydrogens is 444 g/mol. The van der Waals surface area contributed by atoms with Crippen LogP contribution in [0.3, 0.4) is 0 Å². The molecule has 168 valence electrons. The van der Waals surface area contributed by atoms with Gasteiger partial charge in [-0.1, -0.05) is 54.6 Å². The number of urea groups is 1. The molecular formula is C25H21F2N3O2S. The molecule has 3 aromatic rings. The number of hydrogen-bond donors (Lipinski definition) is 1. The predicted octanol–water partition coefficient (Wildman–Crippen LogP) is 4.62. The molecule has 2 aliphatic heterocycles. The van der Waals surface area contributed by atoms with Gasteiger partial charge in [0.05, 0.1) is 12.2 Å². The molecule has 8 heteroatoms. The molecule has 0 radical (unpaired) electrons. The molecule has 1 N–H and O–H groups in total. The molecule has 3 amide bonds. The number of nitrogens with one attached hydrogen (secondary N) is 1. The van der Waals surface area contributed by atoms with E-state index >= 15 is 0 Å². The van der Waals surface area contributed by atoms with E-state index in [1.165, 1.54) is 34.9 Å². The monoisotopic (exact) mass is 465 g/mol. The number of thioether (sulfide) groups is 1. The average Bonchev–Trinajstić information content (AvgIpc) is 3.37. The Morgan fingerprint density at radius 1 is 0.970 bits per heavy atom. The van der Waals surface area contributed by atoms with Crippen LogP contribution in [0, 0.1) is 11.6 Å². The summed E-state index contributed by atoms with van der Waals surface area (Å²) in [6.45, 7) is 0.459. The van der Waals surface area contributed by atoms with Crippen LogP contribution >= 0.6 is 11.8 Å². The highest BCUT2D eigenvalue weighted by atomic mass is 32.2. The third kappa shape index (κ3) is 3.54. The molecule has 0 bridgehead atoms. The third-order valence-electron chi connectivity index (χ3n) is 6.01. The van der Waals surface area contributed by atoms with E-state index in [9.17, 15) is 18.4 Å². The fourth-order valence-corrected chi connectivity index (χ4v) is 5.90. The minimum atomic E-state index is -1.26. The molecule has 1 fully saturated rings. The van der Waals surface area contributed by atoms with Crippen LogP contribution in [-0.4, -0.2) is 29.1 Å². The van der Waals surface area contributed by atoms with Gasteiger partial charge in [-0.25, -0.2) is 13.6 Å². The number of para-hydroxylation sites is 1. The summed E-state index contributed by atoms with van der Waals surface area (Å²) in [7, 11) is 0. The Morgan fingerprint density at radius 3 is 2.42 bits per heavy atom. The highest BCUT2D eigenvalue weighted by Crippen LogP contribution is 2.54. The lowest BCUT2D eigenvalue weighted by molar-refractivity contribution is -0.123. The number of carbonyl (C=O) groups excluding carboxylic acids is 2. The van der Waals surface area contributed by atoms with Crippen molar-refractivity contribution < 1.29 is 18.4 Å². The summed E-state index contributed by atoms with van der Waals surface area (Å²) >= 11 is 1.37. The summed E-state index contributed by atoms with van der Waals surface area (Å²) in [4.78, 5) is 28.7. The minimum Gasteiger partial charge on any atom is -0.334 e. The minimum absolute atomic E-state index is 0.180. The zero-order valence-corrected chi connectivity index (χ0v) is 18.4. The molecule has 5 nitrogen and oxygen atoms in total. The van der Waals surface area contributed by atoms with Gasteiger partial charge in [-0.05, 0) is 23.8 Å². The first-order valence-electron chi connectivity index (χ1n) is 10.6. The van der Waals surface area contributed by atoms with Gasteiger partial charge in [0.2, 0.25) is 0 Å². The summed E-state index contributed by atoms with van der Waals surface area (Å²) in [5.41, 5.74) is 1.98. The van der Waals surface area contributed by atoms with Crippen LogP contribution < -0.4 is 10.2 Å². The molecule has 0 unspecified atom stereocenters. The van der Waals surface area contributed by atoms with E-state index < -0.39 is 16.5 Å². The number of amides is 3. The van der Waals surface area contributed by atoms with Gasteiger partial charge < -0.3 is 10.2 Å². The Labute approximate surface area is 194 Å². The van der Waals surface area contributed by atoms with Crippen molar-refractivity contribution in [2.75, 3.05) is 17.2 Å². The quantitative estimate of drug-likeness (QED) is 0.612. The molecule has 5 rings (SSSR count). The van der Waals surface area contributed by atoms with Crippen molar-refractivity contribution >= 4 is 29.4 Å². The molecule has 1 spiro atoms. The first-order valence-corrected chi connectivity index (χ1v) is 11.6. The first kappa shape index (κ1) is 21.5. The first-order chi connectivity index (χ1) is 16.0. The number of carbonyl (C=O) groups is 2. The lowest BCUT2D eigenvalue weighted by Crippen LogP contribution is -2.53. The van der Waals surface area contributed by atoms with Crippen molar-refractivity contribution in [3.05, 3.63) is 101 Å². The molecule has 33 heavy (non-hydrogen) atoms. The van der Waals surface area contributed by atoms with Crippen LogP contribution in [0.1, 0.15) is 16.7 Å². The van der Waals surface area contributed by atoms with Crippen molar-refractivity contribution in [3.8, 4) is 0 Å². The van der Waals surface area contributed by atoms with E-state index in [0.29, 0.717) is 30.1 Å². The Balaban J connectivity index is 1.48. The van der Waals surface area contributed by atoms with Crippen molar-refractivity contribution in [1.82, 2.24) is 10.2 Å².